The van der Waals surface area contributed by atoms with E-state index >= 15 is 0 Å². The van der Waals surface area contributed by atoms with E-state index in [0.717, 1.165) is 11.5 Å². The van der Waals surface area contributed by atoms with Gasteiger partial charge in [0.2, 0.25) is 10.0 Å². The fourth-order valence-corrected chi connectivity index (χ4v) is 5.48. The first-order valence-corrected chi connectivity index (χ1v) is 12.7. The van der Waals surface area contributed by atoms with Gasteiger partial charge in [0.1, 0.15) is 0 Å². The van der Waals surface area contributed by atoms with Crippen LogP contribution in [0.5, 0.6) is 0 Å². The van der Waals surface area contributed by atoms with Gasteiger partial charge in [-0.2, -0.15) is 16.1 Å². The number of carbonyl (C=O) groups is 1. The average Bonchev–Trinajstić information content (AvgIpc) is 2.75. The zero-order valence-electron chi connectivity index (χ0n) is 17.5. The summed E-state index contributed by atoms with van der Waals surface area (Å²) in [6.07, 6.45) is 0. The first-order valence-electron chi connectivity index (χ1n) is 10.1. The van der Waals surface area contributed by atoms with Crippen molar-refractivity contribution in [2.45, 2.75) is 17.6 Å². The molecule has 1 amide bonds. The molecule has 2 aromatic carbocycles. The molecule has 8 heteroatoms. The number of nitrogens with zero attached hydrogens (tertiary/aromatic N) is 2. The van der Waals surface area contributed by atoms with Crippen molar-refractivity contribution < 1.29 is 13.2 Å². The summed E-state index contributed by atoms with van der Waals surface area (Å²) >= 11 is 1.75. The highest BCUT2D eigenvalue weighted by Gasteiger charge is 2.27. The van der Waals surface area contributed by atoms with Gasteiger partial charge in [-0.1, -0.05) is 35.9 Å². The van der Waals surface area contributed by atoms with Crippen LogP contribution in [-0.4, -0.2) is 69.1 Å². The highest BCUT2D eigenvalue weighted by Crippen LogP contribution is 2.19. The summed E-state index contributed by atoms with van der Waals surface area (Å²) in [5.41, 5.74) is 2.88. The third kappa shape index (κ3) is 6.07. The van der Waals surface area contributed by atoms with Gasteiger partial charge in [0.25, 0.3) is 5.91 Å². The maximum Gasteiger partial charge on any atom is 0.251 e. The van der Waals surface area contributed by atoms with Gasteiger partial charge < -0.3 is 10.2 Å². The summed E-state index contributed by atoms with van der Waals surface area (Å²) in [6.45, 7) is 4.95. The zero-order valence-corrected chi connectivity index (χ0v) is 19.1. The molecule has 30 heavy (non-hydrogen) atoms. The standard InChI is InChI=1S/C22H29N3O3S2/c1-18-6-8-19(9-7-18)17-29-15-10-23-22(26)20-4-3-5-21(16-20)30(27,28)25-13-11-24(2)12-14-25/h3-9,16H,10-15,17H2,1-2H3,(H,23,26). The van der Waals surface area contributed by atoms with Crippen LogP contribution in [-0.2, 0) is 15.8 Å². The van der Waals surface area contributed by atoms with Gasteiger partial charge in [-0.15, -0.1) is 0 Å². The number of rotatable bonds is 8. The minimum absolute atomic E-state index is 0.174. The maximum absolute atomic E-state index is 12.9. The molecule has 162 valence electrons. The molecule has 1 saturated heterocycles. The van der Waals surface area contributed by atoms with Gasteiger partial charge in [-0.3, -0.25) is 4.79 Å². The predicted molar refractivity (Wildman–Crippen MR) is 122 cm³/mol. The number of piperazine rings is 1. The number of amides is 1. The normalized spacial score (nSPS) is 15.8. The summed E-state index contributed by atoms with van der Waals surface area (Å²) < 4.78 is 27.3. The van der Waals surface area contributed by atoms with E-state index in [9.17, 15) is 13.2 Å². The zero-order chi connectivity index (χ0) is 21.6. The lowest BCUT2D eigenvalue weighted by Crippen LogP contribution is -2.47. The Bertz CT molecular complexity index is 954. The highest BCUT2D eigenvalue weighted by molar-refractivity contribution is 7.98. The van der Waals surface area contributed by atoms with Crippen molar-refractivity contribution in [3.8, 4) is 0 Å². The summed E-state index contributed by atoms with van der Waals surface area (Å²) in [5.74, 6) is 1.44. The van der Waals surface area contributed by atoms with Crippen molar-refractivity contribution in [1.82, 2.24) is 14.5 Å². The number of thioether (sulfide) groups is 1. The third-order valence-electron chi connectivity index (χ3n) is 5.12. The SMILES string of the molecule is Cc1ccc(CSCCNC(=O)c2cccc(S(=O)(=O)N3CCN(C)CC3)c2)cc1. The van der Waals surface area contributed by atoms with E-state index in [0.29, 0.717) is 38.3 Å². The number of carbonyl (C=O) groups excluding carboxylic acids is 1. The number of benzene rings is 2. The van der Waals surface area contributed by atoms with Crippen LogP contribution in [0.2, 0.25) is 0 Å². The average molecular weight is 448 g/mol. The molecule has 0 unspecified atom stereocenters. The van der Waals surface area contributed by atoms with Gasteiger partial charge in [-0.05, 0) is 37.7 Å². The minimum atomic E-state index is -3.58. The highest BCUT2D eigenvalue weighted by atomic mass is 32.2. The van der Waals surface area contributed by atoms with Gasteiger partial charge in [0.05, 0.1) is 4.90 Å². The molecule has 0 spiro atoms. The fourth-order valence-electron chi connectivity index (χ4n) is 3.19. The molecule has 1 N–H and O–H groups in total. The number of likely N-dealkylation sites (N-methyl/N-ethyl adjacent to an activating group) is 1. The van der Waals surface area contributed by atoms with Crippen molar-refractivity contribution in [3.05, 3.63) is 65.2 Å². The molecule has 3 rings (SSSR count). The lowest BCUT2D eigenvalue weighted by Gasteiger charge is -2.31. The second-order valence-electron chi connectivity index (χ2n) is 7.53. The number of hydrogen-bond donors (Lipinski definition) is 1. The molecule has 6 nitrogen and oxygen atoms in total. The van der Waals surface area contributed by atoms with E-state index in [1.165, 1.54) is 21.5 Å². The number of hydrogen-bond acceptors (Lipinski definition) is 5. The maximum atomic E-state index is 12.9. The number of sulfonamides is 1. The van der Waals surface area contributed by atoms with Crippen LogP contribution in [0.25, 0.3) is 0 Å². The largest absolute Gasteiger partial charge is 0.351 e. The van der Waals surface area contributed by atoms with E-state index in [-0.39, 0.29) is 10.8 Å². The lowest BCUT2D eigenvalue weighted by atomic mass is 10.2. The molecule has 0 saturated carbocycles. The van der Waals surface area contributed by atoms with E-state index in [2.05, 4.69) is 41.4 Å². The Morgan fingerprint density at radius 2 is 1.77 bits per heavy atom. The first-order chi connectivity index (χ1) is 14.4. The molecule has 0 radical (unpaired) electrons. The van der Waals surface area contributed by atoms with Gasteiger partial charge in [0.15, 0.2) is 0 Å². The molecule has 1 aliphatic rings. The van der Waals surface area contributed by atoms with Crippen LogP contribution in [0, 0.1) is 6.92 Å². The molecule has 0 bridgehead atoms. The Morgan fingerprint density at radius 3 is 2.47 bits per heavy atom. The number of nitrogens with one attached hydrogen (secondary N) is 1. The second-order valence-corrected chi connectivity index (χ2v) is 10.6. The van der Waals surface area contributed by atoms with Crippen molar-refractivity contribution in [3.63, 3.8) is 0 Å². The van der Waals surface area contributed by atoms with E-state index in [1.54, 1.807) is 30.0 Å². The second kappa shape index (κ2) is 10.4. The van der Waals surface area contributed by atoms with Crippen LogP contribution in [0.4, 0.5) is 0 Å². The quantitative estimate of drug-likeness (QED) is 0.630. The summed E-state index contributed by atoms with van der Waals surface area (Å²) in [5, 5.41) is 2.88. The molecular weight excluding hydrogens is 418 g/mol. The molecule has 1 fully saturated rings. The third-order valence-corrected chi connectivity index (χ3v) is 8.04. The molecule has 2 aromatic rings. The molecule has 0 atom stereocenters. The predicted octanol–water partition coefficient (Wildman–Crippen LogP) is 2.59. The molecule has 0 aromatic heterocycles. The summed E-state index contributed by atoms with van der Waals surface area (Å²) in [4.78, 5) is 14.8. The Kier molecular flexibility index (Phi) is 7.93. The van der Waals surface area contributed by atoms with Crippen LogP contribution >= 0.6 is 11.8 Å². The molecule has 1 aliphatic heterocycles. The van der Waals surface area contributed by atoms with E-state index in [4.69, 9.17) is 0 Å². The van der Waals surface area contributed by atoms with Gasteiger partial charge in [0, 0.05) is 49.8 Å². The fraction of sp³-hybridized carbons (Fsp3) is 0.409. The summed E-state index contributed by atoms with van der Waals surface area (Å²) in [6, 6.07) is 14.7. The Hall–Kier alpha value is -1.87. The monoisotopic (exact) mass is 447 g/mol. The van der Waals surface area contributed by atoms with Crippen molar-refractivity contribution in [2.75, 3.05) is 45.5 Å². The smallest absolute Gasteiger partial charge is 0.251 e. The first kappa shape index (κ1) is 22.8. The molecule has 1 heterocycles. The lowest BCUT2D eigenvalue weighted by molar-refractivity contribution is 0.0956. The van der Waals surface area contributed by atoms with Crippen LogP contribution in [0.3, 0.4) is 0 Å². The Morgan fingerprint density at radius 1 is 1.07 bits per heavy atom. The van der Waals surface area contributed by atoms with Crippen molar-refractivity contribution in [2.24, 2.45) is 0 Å². The molecule has 0 aliphatic carbocycles. The topological polar surface area (TPSA) is 69.7 Å². The van der Waals surface area contributed by atoms with Crippen LogP contribution in [0.15, 0.2) is 53.4 Å². The summed E-state index contributed by atoms with van der Waals surface area (Å²) in [7, 11) is -1.60. The minimum Gasteiger partial charge on any atom is -0.351 e. The van der Waals surface area contributed by atoms with E-state index < -0.39 is 10.0 Å². The van der Waals surface area contributed by atoms with Gasteiger partial charge >= 0.3 is 0 Å². The van der Waals surface area contributed by atoms with Crippen LogP contribution < -0.4 is 5.32 Å². The van der Waals surface area contributed by atoms with E-state index in [1.807, 2.05) is 7.05 Å². The van der Waals surface area contributed by atoms with Gasteiger partial charge in [-0.25, -0.2) is 8.42 Å². The molecular formula is C22H29N3O3S2. The van der Waals surface area contributed by atoms with Crippen molar-refractivity contribution in [1.29, 1.82) is 0 Å². The number of aryl methyl sites for hydroxylation is 1. The Balaban J connectivity index is 1.51. The van der Waals surface area contributed by atoms with Crippen molar-refractivity contribution >= 4 is 27.7 Å². The Labute approximate surface area is 183 Å². The van der Waals surface area contributed by atoms with Crippen LogP contribution in [0.1, 0.15) is 21.5 Å².